The zero-order chi connectivity index (χ0) is 15.4. The summed E-state index contributed by atoms with van der Waals surface area (Å²) in [5.74, 6) is 0.384. The van der Waals surface area contributed by atoms with Crippen LogP contribution >= 0.6 is 11.6 Å². The van der Waals surface area contributed by atoms with Gasteiger partial charge in [-0.15, -0.1) is 0 Å². The molecule has 110 valence electrons. The summed E-state index contributed by atoms with van der Waals surface area (Å²) in [6, 6.07) is 12.2. The van der Waals surface area contributed by atoms with Gasteiger partial charge in [0.05, 0.1) is 18.7 Å². The van der Waals surface area contributed by atoms with E-state index in [1.54, 1.807) is 31.4 Å². The fourth-order valence-electron chi connectivity index (χ4n) is 2.01. The Morgan fingerprint density at radius 3 is 2.67 bits per heavy atom. The van der Waals surface area contributed by atoms with Crippen LogP contribution in [0.3, 0.4) is 0 Å². The van der Waals surface area contributed by atoms with E-state index in [1.165, 1.54) is 0 Å². The number of benzene rings is 2. The Morgan fingerprint density at radius 2 is 2.05 bits per heavy atom. The van der Waals surface area contributed by atoms with E-state index in [9.17, 15) is 4.79 Å². The molecule has 2 aromatic carbocycles. The van der Waals surface area contributed by atoms with E-state index >= 15 is 0 Å². The Hall–Kier alpha value is -2.20. The Kier molecular flexibility index (Phi) is 4.70. The number of ether oxygens (including phenoxy) is 1. The summed E-state index contributed by atoms with van der Waals surface area (Å²) in [5, 5.41) is 3.54. The van der Waals surface area contributed by atoms with Gasteiger partial charge in [-0.2, -0.15) is 0 Å². The number of hydrogen-bond donors (Lipinski definition) is 2. The summed E-state index contributed by atoms with van der Waals surface area (Å²) in [5.41, 5.74) is 7.61. The van der Waals surface area contributed by atoms with Crippen molar-refractivity contribution in [2.24, 2.45) is 0 Å². The molecule has 5 heteroatoms. The second kappa shape index (κ2) is 6.50. The summed E-state index contributed by atoms with van der Waals surface area (Å²) in [6.45, 7) is 1.89. The average molecular weight is 305 g/mol. The van der Waals surface area contributed by atoms with E-state index in [2.05, 4.69) is 5.32 Å². The van der Waals surface area contributed by atoms with Gasteiger partial charge in [0.1, 0.15) is 5.75 Å². The van der Waals surface area contributed by atoms with Gasteiger partial charge in [-0.3, -0.25) is 4.79 Å². The minimum absolute atomic E-state index is 0.169. The molecule has 0 spiro atoms. The van der Waals surface area contributed by atoms with Crippen molar-refractivity contribution in [1.29, 1.82) is 0 Å². The molecule has 0 fully saturated rings. The summed E-state index contributed by atoms with van der Waals surface area (Å²) in [6.07, 6.45) is 0. The third kappa shape index (κ3) is 3.67. The molecule has 0 aliphatic heterocycles. The van der Waals surface area contributed by atoms with Gasteiger partial charge in [0.15, 0.2) is 0 Å². The number of carbonyl (C=O) groups excluding carboxylic acids is 1. The van der Waals surface area contributed by atoms with Crippen LogP contribution < -0.4 is 15.8 Å². The molecule has 0 saturated carbocycles. The largest absolute Gasteiger partial charge is 0.497 e. The number of nitrogen functional groups attached to an aromatic ring is 1. The Balaban J connectivity index is 2.14. The average Bonchev–Trinajstić information content (AvgIpc) is 2.46. The third-order valence-electron chi connectivity index (χ3n) is 3.20. The Morgan fingerprint density at radius 1 is 1.29 bits per heavy atom. The zero-order valence-electron chi connectivity index (χ0n) is 11.9. The Labute approximate surface area is 128 Å². The van der Waals surface area contributed by atoms with E-state index in [0.717, 1.165) is 5.56 Å². The number of nitrogens with one attached hydrogen (secondary N) is 1. The van der Waals surface area contributed by atoms with Crippen molar-refractivity contribution in [3.8, 4) is 5.75 Å². The number of hydrogen-bond acceptors (Lipinski definition) is 3. The van der Waals surface area contributed by atoms with Gasteiger partial charge in [-0.1, -0.05) is 23.7 Å². The molecule has 0 bridgehead atoms. The highest BCUT2D eigenvalue weighted by molar-refractivity contribution is 6.30. The van der Waals surface area contributed by atoms with Crippen molar-refractivity contribution < 1.29 is 9.53 Å². The molecule has 3 N–H and O–H groups in total. The molecule has 2 aromatic rings. The van der Waals surface area contributed by atoms with Gasteiger partial charge in [0, 0.05) is 16.8 Å². The van der Waals surface area contributed by atoms with Crippen molar-refractivity contribution in [1.82, 2.24) is 5.32 Å². The maximum absolute atomic E-state index is 12.3. The first-order valence-corrected chi connectivity index (χ1v) is 6.89. The minimum atomic E-state index is -0.234. The molecular weight excluding hydrogens is 288 g/mol. The molecule has 0 aliphatic carbocycles. The normalized spacial score (nSPS) is 11.8. The molecule has 1 unspecified atom stereocenters. The van der Waals surface area contributed by atoms with E-state index in [4.69, 9.17) is 22.1 Å². The van der Waals surface area contributed by atoms with Gasteiger partial charge >= 0.3 is 0 Å². The molecule has 0 radical (unpaired) electrons. The first-order chi connectivity index (χ1) is 10.0. The summed E-state index contributed by atoms with van der Waals surface area (Å²) in [4.78, 5) is 12.3. The molecule has 1 atom stereocenters. The SMILES string of the molecule is COc1ccc(C(=O)NC(C)c2cccc(Cl)c2)c(N)c1. The highest BCUT2D eigenvalue weighted by Crippen LogP contribution is 2.21. The van der Waals surface area contributed by atoms with Gasteiger partial charge in [0.25, 0.3) is 5.91 Å². The molecule has 0 aliphatic rings. The van der Waals surface area contributed by atoms with Crippen LogP contribution in [0.25, 0.3) is 0 Å². The van der Waals surface area contributed by atoms with Crippen molar-refractivity contribution in [3.63, 3.8) is 0 Å². The van der Waals surface area contributed by atoms with Crippen LogP contribution in [0, 0.1) is 0 Å². The van der Waals surface area contributed by atoms with Crippen LogP contribution in [-0.4, -0.2) is 13.0 Å². The quantitative estimate of drug-likeness (QED) is 0.851. The highest BCUT2D eigenvalue weighted by atomic mass is 35.5. The monoisotopic (exact) mass is 304 g/mol. The van der Waals surface area contributed by atoms with Gasteiger partial charge < -0.3 is 15.8 Å². The minimum Gasteiger partial charge on any atom is -0.497 e. The van der Waals surface area contributed by atoms with E-state index in [-0.39, 0.29) is 11.9 Å². The second-order valence-corrected chi connectivity index (χ2v) is 5.14. The fourth-order valence-corrected chi connectivity index (χ4v) is 2.21. The third-order valence-corrected chi connectivity index (χ3v) is 3.43. The molecule has 21 heavy (non-hydrogen) atoms. The highest BCUT2D eigenvalue weighted by Gasteiger charge is 2.14. The first kappa shape index (κ1) is 15.2. The molecule has 0 heterocycles. The summed E-state index contributed by atoms with van der Waals surface area (Å²) in [7, 11) is 1.55. The smallest absolute Gasteiger partial charge is 0.253 e. The number of rotatable bonds is 4. The molecular formula is C16H17ClN2O2. The first-order valence-electron chi connectivity index (χ1n) is 6.51. The number of amides is 1. The maximum atomic E-state index is 12.3. The van der Waals surface area contributed by atoms with Crippen LogP contribution in [0.15, 0.2) is 42.5 Å². The van der Waals surface area contributed by atoms with E-state index in [1.807, 2.05) is 25.1 Å². The van der Waals surface area contributed by atoms with Crippen LogP contribution in [0.5, 0.6) is 5.75 Å². The van der Waals surface area contributed by atoms with Crippen molar-refractivity contribution in [2.45, 2.75) is 13.0 Å². The lowest BCUT2D eigenvalue weighted by molar-refractivity contribution is 0.0941. The number of anilines is 1. The topological polar surface area (TPSA) is 64.3 Å². The number of methoxy groups -OCH3 is 1. The van der Waals surface area contributed by atoms with Crippen molar-refractivity contribution in [3.05, 3.63) is 58.6 Å². The molecule has 2 rings (SSSR count). The zero-order valence-corrected chi connectivity index (χ0v) is 12.6. The van der Waals surface area contributed by atoms with Crippen LogP contribution in [0.4, 0.5) is 5.69 Å². The standard InChI is InChI=1S/C16H17ClN2O2/c1-10(11-4-3-5-12(17)8-11)19-16(20)14-7-6-13(21-2)9-15(14)18/h3-10H,18H2,1-2H3,(H,19,20). The van der Waals surface area contributed by atoms with E-state index in [0.29, 0.717) is 22.0 Å². The van der Waals surface area contributed by atoms with Crippen LogP contribution in [0.1, 0.15) is 28.9 Å². The predicted octanol–water partition coefficient (Wildman–Crippen LogP) is 3.42. The number of nitrogens with two attached hydrogens (primary N) is 1. The van der Waals surface area contributed by atoms with Crippen LogP contribution in [0.2, 0.25) is 5.02 Å². The second-order valence-electron chi connectivity index (χ2n) is 4.70. The molecule has 0 aromatic heterocycles. The Bertz CT molecular complexity index is 658. The lowest BCUT2D eigenvalue weighted by Crippen LogP contribution is -2.27. The van der Waals surface area contributed by atoms with Gasteiger partial charge in [-0.05, 0) is 36.8 Å². The number of halogens is 1. The summed E-state index contributed by atoms with van der Waals surface area (Å²) >= 11 is 5.95. The predicted molar refractivity (Wildman–Crippen MR) is 84.7 cm³/mol. The van der Waals surface area contributed by atoms with E-state index < -0.39 is 0 Å². The van der Waals surface area contributed by atoms with Gasteiger partial charge in [0.2, 0.25) is 0 Å². The van der Waals surface area contributed by atoms with Crippen LogP contribution in [-0.2, 0) is 0 Å². The molecule has 0 saturated heterocycles. The lowest BCUT2D eigenvalue weighted by Gasteiger charge is -2.15. The van der Waals surface area contributed by atoms with Gasteiger partial charge in [-0.25, -0.2) is 0 Å². The fraction of sp³-hybridized carbons (Fsp3) is 0.188. The maximum Gasteiger partial charge on any atom is 0.253 e. The summed E-state index contributed by atoms with van der Waals surface area (Å²) < 4.78 is 5.07. The number of carbonyl (C=O) groups is 1. The lowest BCUT2D eigenvalue weighted by atomic mass is 10.1. The molecule has 4 nitrogen and oxygen atoms in total. The van der Waals surface area contributed by atoms with Crippen molar-refractivity contribution >= 4 is 23.2 Å². The van der Waals surface area contributed by atoms with Crippen molar-refractivity contribution in [2.75, 3.05) is 12.8 Å². The molecule has 1 amide bonds.